The molecule has 4 fully saturated rings. The number of piperazine rings is 1. The predicted octanol–water partition coefficient (Wildman–Crippen LogP) is 5.08. The zero-order valence-corrected chi connectivity index (χ0v) is 33.9. The molecular weight excluding hydrogens is 764 g/mol. The van der Waals surface area contributed by atoms with E-state index in [1.807, 2.05) is 17.8 Å². The molecule has 3 N–H and O–H groups in total. The Morgan fingerprint density at radius 3 is 2.43 bits per heavy atom. The maximum absolute atomic E-state index is 15.0. The van der Waals surface area contributed by atoms with Crippen molar-refractivity contribution in [2.45, 2.75) is 63.3 Å². The Morgan fingerprint density at radius 1 is 0.883 bits per heavy atom. The molecule has 1 aliphatic carbocycles. The maximum Gasteiger partial charge on any atom is 0.255 e. The lowest BCUT2D eigenvalue weighted by Crippen LogP contribution is -2.49. The lowest BCUT2D eigenvalue weighted by molar-refractivity contribution is -0.138. The van der Waals surface area contributed by atoms with Crippen LogP contribution in [-0.4, -0.2) is 104 Å². The number of hydrogen-bond donors (Lipinski definition) is 3. The first-order chi connectivity index (χ1) is 29.2. The van der Waals surface area contributed by atoms with E-state index in [1.165, 1.54) is 6.20 Å². The van der Waals surface area contributed by atoms with Gasteiger partial charge in [0.15, 0.2) is 5.82 Å². The van der Waals surface area contributed by atoms with Crippen LogP contribution >= 0.6 is 0 Å². The molecule has 0 radical (unpaired) electrons. The van der Waals surface area contributed by atoms with E-state index in [4.69, 9.17) is 5.10 Å². The van der Waals surface area contributed by atoms with Crippen molar-refractivity contribution in [3.05, 3.63) is 88.9 Å². The number of rotatable bonds is 9. The van der Waals surface area contributed by atoms with Gasteiger partial charge in [-0.2, -0.15) is 5.10 Å². The van der Waals surface area contributed by atoms with Gasteiger partial charge in [-0.15, -0.1) is 0 Å². The second-order valence-corrected chi connectivity index (χ2v) is 16.8. The molecular formula is C45H51FN10O4. The van der Waals surface area contributed by atoms with Gasteiger partial charge < -0.3 is 20.1 Å². The van der Waals surface area contributed by atoms with E-state index in [-0.39, 0.29) is 40.9 Å². The average molecular weight is 815 g/mol. The number of aryl methyl sites for hydroxylation is 1. The second-order valence-electron chi connectivity index (χ2n) is 16.8. The number of hydrogen-bond acceptors (Lipinski definition) is 10. The largest absolute Gasteiger partial charge is 0.369 e. The van der Waals surface area contributed by atoms with E-state index >= 15 is 4.39 Å². The van der Waals surface area contributed by atoms with Gasteiger partial charge in [0, 0.05) is 99.6 Å². The molecule has 60 heavy (non-hydrogen) atoms. The summed E-state index contributed by atoms with van der Waals surface area (Å²) in [5.74, 6) is -0.244. The molecule has 312 valence electrons. The Hall–Kier alpha value is -5.96. The summed E-state index contributed by atoms with van der Waals surface area (Å²) in [7, 11) is 1.91. The highest BCUT2D eigenvalue weighted by molar-refractivity contribution is 6.02. The van der Waals surface area contributed by atoms with Gasteiger partial charge in [-0.3, -0.25) is 34.1 Å². The van der Waals surface area contributed by atoms with Crippen LogP contribution in [0.3, 0.4) is 0 Å². The van der Waals surface area contributed by atoms with Crippen LogP contribution in [0.15, 0.2) is 71.8 Å². The fraction of sp³-hybridized carbons (Fsp3) is 0.444. The number of carbonyl (C=O) groups excluding carboxylic acids is 3. The van der Waals surface area contributed by atoms with E-state index in [9.17, 15) is 19.2 Å². The highest BCUT2D eigenvalue weighted by Gasteiger charge is 2.34. The SMILES string of the molecule is Cn1nc(C2CCC(=O)NC2=O)c2ccc(N3CCN(CC4CCN(C(=O)C5CCC(Nc6ncc(F)c(-c7cccc(-c8ccc[nH]c8=O)c7)n6)CC5)CC4)CC3)cc21. The van der Waals surface area contributed by atoms with Crippen LogP contribution in [0, 0.1) is 17.7 Å². The smallest absolute Gasteiger partial charge is 0.255 e. The molecule has 1 atom stereocenters. The molecule has 0 bridgehead atoms. The second kappa shape index (κ2) is 17.0. The molecule has 1 unspecified atom stereocenters. The van der Waals surface area contributed by atoms with Crippen molar-refractivity contribution >= 4 is 40.3 Å². The van der Waals surface area contributed by atoms with Crippen LogP contribution in [0.5, 0.6) is 0 Å². The molecule has 3 amide bonds. The molecule has 0 spiro atoms. The summed E-state index contributed by atoms with van der Waals surface area (Å²) in [5, 5.41) is 11.5. The molecule has 2 aromatic carbocycles. The van der Waals surface area contributed by atoms with Crippen LogP contribution in [-0.2, 0) is 21.4 Å². The molecule has 15 heteroatoms. The number of anilines is 2. The standard InChI is InChI=1S/C45H51FN10O4/c1-53-38-25-33(11-12-35(38)41(52-53)36-13-14-39(57)50-43(36)59)55-22-20-54(21-23-55)27-28-15-18-56(19-16-28)44(60)29-7-9-32(10-8-29)49-45-48-26-37(46)40(51-45)31-5-2-4-30(24-31)34-6-3-17-47-42(34)58/h2-6,11-12,17,24-26,28-29,32,36H,7-10,13-16,18-23,27H2,1H3,(H,47,58)(H,48,49,51)(H,50,57,59). The minimum absolute atomic E-state index is 0.0100. The summed E-state index contributed by atoms with van der Waals surface area (Å²) in [4.78, 5) is 68.8. The topological polar surface area (TPSA) is 161 Å². The number of amides is 3. The van der Waals surface area contributed by atoms with Gasteiger partial charge in [0.05, 0.1) is 23.3 Å². The zero-order chi connectivity index (χ0) is 41.3. The number of nitrogens with zero attached hydrogens (tertiary/aromatic N) is 7. The number of likely N-dealkylation sites (tertiary alicyclic amines) is 1. The third-order valence-corrected chi connectivity index (χ3v) is 13.0. The fourth-order valence-electron chi connectivity index (χ4n) is 9.62. The van der Waals surface area contributed by atoms with Crippen molar-refractivity contribution in [3.63, 3.8) is 0 Å². The molecule has 6 heterocycles. The van der Waals surface area contributed by atoms with Crippen molar-refractivity contribution in [2.75, 3.05) is 56.0 Å². The lowest BCUT2D eigenvalue weighted by Gasteiger charge is -2.40. The highest BCUT2D eigenvalue weighted by Crippen LogP contribution is 2.34. The van der Waals surface area contributed by atoms with Crippen LogP contribution < -0.4 is 21.1 Å². The minimum atomic E-state index is -0.541. The summed E-state index contributed by atoms with van der Waals surface area (Å²) < 4.78 is 16.8. The number of benzene rings is 2. The van der Waals surface area contributed by atoms with E-state index in [0.29, 0.717) is 41.4 Å². The van der Waals surface area contributed by atoms with Crippen LogP contribution in [0.4, 0.5) is 16.0 Å². The monoisotopic (exact) mass is 814 g/mol. The number of carbonyl (C=O) groups is 3. The number of aromatic nitrogens is 5. The fourth-order valence-corrected chi connectivity index (χ4v) is 9.62. The number of nitrogens with one attached hydrogen (secondary N) is 3. The predicted molar refractivity (Wildman–Crippen MR) is 227 cm³/mol. The van der Waals surface area contributed by atoms with Crippen LogP contribution in [0.1, 0.15) is 63.0 Å². The molecule has 9 rings (SSSR count). The Kier molecular flexibility index (Phi) is 11.2. The third-order valence-electron chi connectivity index (χ3n) is 13.0. The number of piperidine rings is 2. The number of imide groups is 1. The first-order valence-corrected chi connectivity index (χ1v) is 21.3. The first kappa shape index (κ1) is 39.5. The zero-order valence-electron chi connectivity index (χ0n) is 33.9. The van der Waals surface area contributed by atoms with Crippen LogP contribution in [0.2, 0.25) is 0 Å². The van der Waals surface area contributed by atoms with E-state index in [2.05, 4.69) is 58.5 Å². The van der Waals surface area contributed by atoms with Crippen molar-refractivity contribution in [1.82, 2.24) is 39.8 Å². The van der Waals surface area contributed by atoms with Crippen molar-refractivity contribution in [2.24, 2.45) is 18.9 Å². The normalized spacial score (nSPS) is 21.9. The lowest BCUT2D eigenvalue weighted by atomic mass is 9.84. The quantitative estimate of drug-likeness (QED) is 0.171. The van der Waals surface area contributed by atoms with Gasteiger partial charge in [-0.1, -0.05) is 18.2 Å². The van der Waals surface area contributed by atoms with Gasteiger partial charge in [-0.25, -0.2) is 14.4 Å². The molecule has 4 aliphatic rings. The summed E-state index contributed by atoms with van der Waals surface area (Å²) in [5.41, 5.74) is 4.54. The van der Waals surface area contributed by atoms with Gasteiger partial charge in [-0.05, 0) is 92.8 Å². The number of H-pyrrole nitrogens is 1. The van der Waals surface area contributed by atoms with Crippen molar-refractivity contribution < 1.29 is 18.8 Å². The Balaban J connectivity index is 0.721. The Morgan fingerprint density at radius 2 is 1.67 bits per heavy atom. The number of halogens is 1. The van der Waals surface area contributed by atoms with Crippen molar-refractivity contribution in [1.29, 1.82) is 0 Å². The summed E-state index contributed by atoms with van der Waals surface area (Å²) >= 11 is 0. The van der Waals surface area contributed by atoms with E-state index in [0.717, 1.165) is 107 Å². The summed E-state index contributed by atoms with van der Waals surface area (Å²) in [6, 6.07) is 17.1. The maximum atomic E-state index is 15.0. The number of fused-ring (bicyclic) bond motifs is 1. The number of pyridine rings is 1. The molecule has 5 aromatic rings. The number of aromatic amines is 1. The molecule has 3 aliphatic heterocycles. The summed E-state index contributed by atoms with van der Waals surface area (Å²) in [6.45, 7) is 6.48. The van der Waals surface area contributed by atoms with Crippen LogP contribution in [0.25, 0.3) is 33.3 Å². The minimum Gasteiger partial charge on any atom is -0.369 e. The van der Waals surface area contributed by atoms with Gasteiger partial charge in [0.2, 0.25) is 23.7 Å². The Bertz CT molecular complexity index is 2460. The van der Waals surface area contributed by atoms with Gasteiger partial charge in [0.25, 0.3) is 5.56 Å². The Labute approximate surface area is 347 Å². The molecule has 14 nitrogen and oxygen atoms in total. The third kappa shape index (κ3) is 8.27. The molecule has 3 saturated heterocycles. The average Bonchev–Trinajstić information content (AvgIpc) is 3.59. The van der Waals surface area contributed by atoms with Gasteiger partial charge >= 0.3 is 0 Å². The molecule has 3 aromatic heterocycles. The van der Waals surface area contributed by atoms with E-state index in [1.54, 1.807) is 36.5 Å². The summed E-state index contributed by atoms with van der Waals surface area (Å²) in [6.07, 6.45) is 8.79. The van der Waals surface area contributed by atoms with Crippen molar-refractivity contribution in [3.8, 4) is 22.4 Å². The first-order valence-electron chi connectivity index (χ1n) is 21.3. The molecule has 1 saturated carbocycles. The van der Waals surface area contributed by atoms with E-state index < -0.39 is 11.7 Å². The van der Waals surface area contributed by atoms with Gasteiger partial charge in [0.1, 0.15) is 5.69 Å². The highest BCUT2D eigenvalue weighted by atomic mass is 19.1.